The van der Waals surface area contributed by atoms with Gasteiger partial charge >= 0.3 is 5.97 Å². The summed E-state index contributed by atoms with van der Waals surface area (Å²) < 4.78 is 5.77. The highest BCUT2D eigenvalue weighted by atomic mass is 79.9. The van der Waals surface area contributed by atoms with Crippen LogP contribution < -0.4 is 5.32 Å². The molecule has 1 rings (SSSR count). The summed E-state index contributed by atoms with van der Waals surface area (Å²) in [7, 11) is 0. The molecular weight excluding hydrogens is 328 g/mol. The standard InChI is InChI=1S/C13H17BrN2O4/c1-13(2,3)20-12(17)8-15-7-9-4-5-10(14)6-11(9)16(18)19/h4-6,15H,7-8H2,1-3H3. The molecule has 0 saturated carbocycles. The number of rotatable bonds is 5. The fourth-order valence-electron chi connectivity index (χ4n) is 1.53. The second-order valence-corrected chi connectivity index (χ2v) is 6.14. The Balaban J connectivity index is 2.58. The number of benzene rings is 1. The lowest BCUT2D eigenvalue weighted by Crippen LogP contribution is -2.31. The molecule has 0 atom stereocenters. The molecule has 0 bridgehead atoms. The number of nitrogens with zero attached hydrogens (tertiary/aromatic N) is 1. The van der Waals surface area contributed by atoms with E-state index in [2.05, 4.69) is 21.2 Å². The van der Waals surface area contributed by atoms with Gasteiger partial charge in [0.15, 0.2) is 0 Å². The second-order valence-electron chi connectivity index (χ2n) is 5.22. The topological polar surface area (TPSA) is 81.5 Å². The van der Waals surface area contributed by atoms with Crippen LogP contribution in [0.4, 0.5) is 5.69 Å². The van der Waals surface area contributed by atoms with Crippen LogP contribution in [0.3, 0.4) is 0 Å². The number of nitrogens with one attached hydrogen (secondary N) is 1. The molecule has 0 spiro atoms. The predicted octanol–water partition coefficient (Wildman–Crippen LogP) is 2.79. The lowest BCUT2D eigenvalue weighted by molar-refractivity contribution is -0.385. The van der Waals surface area contributed by atoms with Crippen LogP contribution in [-0.2, 0) is 16.1 Å². The van der Waals surface area contributed by atoms with Crippen molar-refractivity contribution in [1.82, 2.24) is 5.32 Å². The van der Waals surface area contributed by atoms with E-state index in [1.807, 2.05) is 0 Å². The van der Waals surface area contributed by atoms with E-state index in [0.29, 0.717) is 10.0 Å². The molecule has 6 nitrogen and oxygen atoms in total. The first-order valence-corrected chi connectivity index (χ1v) is 6.84. The molecule has 0 saturated heterocycles. The molecule has 1 aromatic rings. The number of nitro benzene ring substituents is 1. The first-order chi connectivity index (χ1) is 9.19. The second kappa shape index (κ2) is 6.81. The van der Waals surface area contributed by atoms with Crippen LogP contribution in [0.2, 0.25) is 0 Å². The van der Waals surface area contributed by atoms with Crippen molar-refractivity contribution in [3.05, 3.63) is 38.3 Å². The van der Waals surface area contributed by atoms with Gasteiger partial charge in [0, 0.05) is 22.6 Å². The quantitative estimate of drug-likeness (QED) is 0.504. The Bertz CT molecular complexity index is 512. The third-order valence-electron chi connectivity index (χ3n) is 2.25. The molecule has 0 aromatic heterocycles. The first kappa shape index (κ1) is 16.6. The van der Waals surface area contributed by atoms with E-state index >= 15 is 0 Å². The van der Waals surface area contributed by atoms with E-state index in [4.69, 9.17) is 4.74 Å². The van der Waals surface area contributed by atoms with E-state index in [1.54, 1.807) is 32.9 Å². The number of hydrogen-bond acceptors (Lipinski definition) is 5. The number of esters is 1. The summed E-state index contributed by atoms with van der Waals surface area (Å²) in [5.74, 6) is -0.391. The van der Waals surface area contributed by atoms with Crippen LogP contribution in [0.1, 0.15) is 26.3 Å². The molecule has 20 heavy (non-hydrogen) atoms. The number of carbonyl (C=O) groups excluding carboxylic acids is 1. The van der Waals surface area contributed by atoms with Gasteiger partial charge in [-0.3, -0.25) is 14.9 Å². The minimum atomic E-state index is -0.539. The molecule has 0 amide bonds. The van der Waals surface area contributed by atoms with Crippen LogP contribution in [0.25, 0.3) is 0 Å². The third-order valence-corrected chi connectivity index (χ3v) is 2.74. The average molecular weight is 345 g/mol. The van der Waals surface area contributed by atoms with Crippen molar-refractivity contribution in [3.63, 3.8) is 0 Å². The third kappa shape index (κ3) is 5.66. The van der Waals surface area contributed by atoms with E-state index in [-0.39, 0.29) is 18.8 Å². The molecule has 7 heteroatoms. The number of ether oxygens (including phenoxy) is 1. The average Bonchev–Trinajstić information content (AvgIpc) is 2.28. The van der Waals surface area contributed by atoms with Gasteiger partial charge in [0.05, 0.1) is 11.5 Å². The summed E-state index contributed by atoms with van der Waals surface area (Å²) >= 11 is 3.19. The molecule has 0 aliphatic carbocycles. The Morgan fingerprint density at radius 2 is 2.10 bits per heavy atom. The Labute approximate surface area is 125 Å². The van der Waals surface area contributed by atoms with Crippen molar-refractivity contribution in [2.75, 3.05) is 6.54 Å². The zero-order chi connectivity index (χ0) is 15.3. The minimum Gasteiger partial charge on any atom is -0.459 e. The van der Waals surface area contributed by atoms with Crippen LogP contribution in [0.15, 0.2) is 22.7 Å². The van der Waals surface area contributed by atoms with Crippen molar-refractivity contribution in [2.24, 2.45) is 0 Å². The molecule has 0 aliphatic heterocycles. The molecule has 0 radical (unpaired) electrons. The smallest absolute Gasteiger partial charge is 0.320 e. The predicted molar refractivity (Wildman–Crippen MR) is 78.3 cm³/mol. The first-order valence-electron chi connectivity index (χ1n) is 6.04. The van der Waals surface area contributed by atoms with Gasteiger partial charge in [-0.05, 0) is 32.9 Å². The van der Waals surface area contributed by atoms with Crippen LogP contribution in [-0.4, -0.2) is 23.0 Å². The van der Waals surface area contributed by atoms with Crippen molar-refractivity contribution in [1.29, 1.82) is 0 Å². The van der Waals surface area contributed by atoms with Gasteiger partial charge in [0.1, 0.15) is 5.60 Å². The Morgan fingerprint density at radius 3 is 2.65 bits per heavy atom. The summed E-state index contributed by atoms with van der Waals surface area (Å²) in [6.07, 6.45) is 0. The largest absolute Gasteiger partial charge is 0.459 e. The maximum atomic E-state index is 11.5. The number of hydrogen-bond donors (Lipinski definition) is 1. The zero-order valence-corrected chi connectivity index (χ0v) is 13.2. The maximum absolute atomic E-state index is 11.5. The molecule has 1 aromatic carbocycles. The number of nitro groups is 1. The van der Waals surface area contributed by atoms with Crippen molar-refractivity contribution < 1.29 is 14.5 Å². The maximum Gasteiger partial charge on any atom is 0.320 e. The van der Waals surface area contributed by atoms with E-state index < -0.39 is 16.5 Å². The van der Waals surface area contributed by atoms with Gasteiger partial charge in [-0.25, -0.2) is 0 Å². The lowest BCUT2D eigenvalue weighted by atomic mass is 10.2. The highest BCUT2D eigenvalue weighted by Gasteiger charge is 2.17. The van der Waals surface area contributed by atoms with Crippen molar-refractivity contribution >= 4 is 27.6 Å². The molecule has 0 unspecified atom stereocenters. The molecule has 1 N–H and O–H groups in total. The Morgan fingerprint density at radius 1 is 1.45 bits per heavy atom. The summed E-state index contributed by atoms with van der Waals surface area (Å²) in [4.78, 5) is 22.0. The monoisotopic (exact) mass is 344 g/mol. The summed E-state index contributed by atoms with van der Waals surface area (Å²) in [5.41, 5.74) is -0.0136. The van der Waals surface area contributed by atoms with Crippen LogP contribution in [0.5, 0.6) is 0 Å². The number of carbonyl (C=O) groups is 1. The van der Waals surface area contributed by atoms with Gasteiger partial charge in [-0.2, -0.15) is 0 Å². The highest BCUT2D eigenvalue weighted by Crippen LogP contribution is 2.23. The SMILES string of the molecule is CC(C)(C)OC(=O)CNCc1ccc(Br)cc1[N+](=O)[O-]. The highest BCUT2D eigenvalue weighted by molar-refractivity contribution is 9.10. The Kier molecular flexibility index (Phi) is 5.64. The molecule has 0 fully saturated rings. The van der Waals surface area contributed by atoms with Gasteiger partial charge in [-0.15, -0.1) is 0 Å². The lowest BCUT2D eigenvalue weighted by Gasteiger charge is -2.19. The van der Waals surface area contributed by atoms with Crippen molar-refractivity contribution in [2.45, 2.75) is 32.9 Å². The van der Waals surface area contributed by atoms with E-state index in [9.17, 15) is 14.9 Å². The summed E-state index contributed by atoms with van der Waals surface area (Å²) in [6.45, 7) is 5.58. The number of halogens is 1. The van der Waals surface area contributed by atoms with Crippen LogP contribution >= 0.6 is 15.9 Å². The molecule has 0 aliphatic rings. The minimum absolute atomic E-state index is 0.00445. The van der Waals surface area contributed by atoms with E-state index in [0.717, 1.165) is 0 Å². The fourth-order valence-corrected chi connectivity index (χ4v) is 1.88. The summed E-state index contributed by atoms with van der Waals surface area (Å²) in [5, 5.41) is 13.8. The zero-order valence-electron chi connectivity index (χ0n) is 11.6. The van der Waals surface area contributed by atoms with Gasteiger partial charge in [0.25, 0.3) is 5.69 Å². The normalized spacial score (nSPS) is 11.2. The van der Waals surface area contributed by atoms with Gasteiger partial charge in [0.2, 0.25) is 0 Å². The molecular formula is C13H17BrN2O4. The van der Waals surface area contributed by atoms with Gasteiger partial charge < -0.3 is 10.1 Å². The molecule has 110 valence electrons. The summed E-state index contributed by atoms with van der Waals surface area (Å²) in [6, 6.07) is 4.80. The van der Waals surface area contributed by atoms with Crippen LogP contribution in [0, 0.1) is 10.1 Å². The van der Waals surface area contributed by atoms with Gasteiger partial charge in [-0.1, -0.05) is 15.9 Å². The molecule has 0 heterocycles. The van der Waals surface area contributed by atoms with E-state index in [1.165, 1.54) is 6.07 Å². The van der Waals surface area contributed by atoms with Crippen molar-refractivity contribution in [3.8, 4) is 0 Å². The Hall–Kier alpha value is -1.47. The fraction of sp³-hybridized carbons (Fsp3) is 0.462.